The molecule has 3 rings (SSSR count). The summed E-state index contributed by atoms with van der Waals surface area (Å²) in [7, 11) is 0. The van der Waals surface area contributed by atoms with Gasteiger partial charge in [-0.05, 0) is 47.9 Å². The van der Waals surface area contributed by atoms with Gasteiger partial charge >= 0.3 is 5.97 Å². The predicted molar refractivity (Wildman–Crippen MR) is 126 cm³/mol. The number of aliphatic carboxylic acids is 1. The van der Waals surface area contributed by atoms with Gasteiger partial charge in [-0.15, -0.1) is 0 Å². The molecule has 1 aromatic carbocycles. The van der Waals surface area contributed by atoms with Crippen molar-refractivity contribution in [3.63, 3.8) is 0 Å². The Bertz CT molecular complexity index is 998. The summed E-state index contributed by atoms with van der Waals surface area (Å²) in [5.74, 6) is -0.0247. The zero-order valence-electron chi connectivity index (χ0n) is 18.4. The minimum Gasteiger partial charge on any atom is -0.497 e. The molecule has 0 radical (unpaired) electrons. The summed E-state index contributed by atoms with van der Waals surface area (Å²) in [6.07, 6.45) is 12.3. The Balaban J connectivity index is 1.47. The highest BCUT2D eigenvalue weighted by atomic mass is 32.2. The summed E-state index contributed by atoms with van der Waals surface area (Å²) in [6, 6.07) is 8.07. The number of fused-ring (bicyclic) bond motifs is 1. The molecule has 32 heavy (non-hydrogen) atoms. The summed E-state index contributed by atoms with van der Waals surface area (Å²) in [4.78, 5) is 34.3. The van der Waals surface area contributed by atoms with Gasteiger partial charge in [-0.2, -0.15) is 0 Å². The molecule has 0 aromatic heterocycles. The molecule has 0 saturated carbocycles. The van der Waals surface area contributed by atoms with E-state index in [0.29, 0.717) is 11.5 Å². The highest BCUT2D eigenvalue weighted by molar-refractivity contribution is 8.18. The molecule has 2 N–H and O–H groups in total. The number of carbonyl (C=O) groups excluding carboxylic acids is 2. The predicted octanol–water partition coefficient (Wildman–Crippen LogP) is 4.22. The third kappa shape index (κ3) is 7.26. The van der Waals surface area contributed by atoms with Gasteiger partial charge in [-0.3, -0.25) is 19.7 Å². The zero-order valence-corrected chi connectivity index (χ0v) is 19.2. The van der Waals surface area contributed by atoms with Gasteiger partial charge in [-0.25, -0.2) is 0 Å². The summed E-state index contributed by atoms with van der Waals surface area (Å²) < 4.78 is 6.14. The molecule has 1 aliphatic heterocycles. The van der Waals surface area contributed by atoms with Crippen LogP contribution in [-0.2, 0) is 14.3 Å². The van der Waals surface area contributed by atoms with E-state index < -0.39 is 5.97 Å². The summed E-state index contributed by atoms with van der Waals surface area (Å²) >= 11 is 0.952. The van der Waals surface area contributed by atoms with Gasteiger partial charge in [-0.1, -0.05) is 62.8 Å². The number of nitrogens with one attached hydrogen (secondary N) is 1. The van der Waals surface area contributed by atoms with E-state index >= 15 is 0 Å². The van der Waals surface area contributed by atoms with Gasteiger partial charge in [0, 0.05) is 18.1 Å². The molecule has 1 saturated heterocycles. The SMILES string of the molecule is O=C(O)CCCCCCCCCCOC1=c2ccccc2=C(/C=C2\SC(=O)NC2=O)CC1. The van der Waals surface area contributed by atoms with E-state index in [1.807, 2.05) is 24.3 Å². The van der Waals surface area contributed by atoms with E-state index in [1.54, 1.807) is 0 Å². The van der Waals surface area contributed by atoms with Crippen LogP contribution in [0, 0.1) is 0 Å². The smallest absolute Gasteiger partial charge is 0.303 e. The maximum absolute atomic E-state index is 11.9. The minimum atomic E-state index is -0.702. The van der Waals surface area contributed by atoms with Crippen LogP contribution in [0.2, 0.25) is 0 Å². The Hall–Kier alpha value is -2.54. The number of benzene rings is 1. The highest BCUT2D eigenvalue weighted by Gasteiger charge is 2.25. The van der Waals surface area contributed by atoms with Gasteiger partial charge in [0.05, 0.1) is 11.5 Å². The molecular formula is C25H31NO5S. The number of amides is 2. The minimum absolute atomic E-state index is 0.282. The fourth-order valence-corrected chi connectivity index (χ4v) is 4.73. The van der Waals surface area contributed by atoms with Gasteiger partial charge in [0.1, 0.15) is 5.76 Å². The van der Waals surface area contributed by atoms with Crippen molar-refractivity contribution in [3.05, 3.63) is 45.7 Å². The van der Waals surface area contributed by atoms with E-state index in [1.165, 1.54) is 19.3 Å². The number of allylic oxidation sites excluding steroid dienone is 1. The topological polar surface area (TPSA) is 92.7 Å². The second-order valence-electron chi connectivity index (χ2n) is 8.17. The second-order valence-corrected chi connectivity index (χ2v) is 9.18. The first kappa shape index (κ1) is 24.1. The third-order valence-electron chi connectivity index (χ3n) is 5.70. The largest absolute Gasteiger partial charge is 0.497 e. The standard InChI is InChI=1S/C25H31NO5S/c27-23(28)13-7-5-3-1-2-4-6-10-16-31-21-15-14-18(19-11-8-9-12-20(19)21)17-22-24(29)26-25(30)32-22/h8-9,11-12,17H,1-7,10,13-16H2,(H,27,28)(H,26,29,30)/b22-17-. The number of carboxylic acid groups (broad SMARTS) is 1. The average molecular weight is 458 g/mol. The number of unbranched alkanes of at least 4 members (excludes halogenated alkanes) is 7. The van der Waals surface area contributed by atoms with Crippen LogP contribution in [0.5, 0.6) is 0 Å². The highest BCUT2D eigenvalue weighted by Crippen LogP contribution is 2.27. The van der Waals surface area contributed by atoms with Crippen LogP contribution in [0.15, 0.2) is 35.2 Å². The van der Waals surface area contributed by atoms with Crippen molar-refractivity contribution in [1.29, 1.82) is 0 Å². The number of carboxylic acids is 1. The van der Waals surface area contributed by atoms with Crippen LogP contribution in [0.4, 0.5) is 4.79 Å². The zero-order chi connectivity index (χ0) is 22.8. The molecule has 172 valence electrons. The van der Waals surface area contributed by atoms with Crippen molar-refractivity contribution in [2.24, 2.45) is 0 Å². The summed E-state index contributed by atoms with van der Waals surface area (Å²) in [5.41, 5.74) is 1.06. The number of hydrogen-bond donors (Lipinski definition) is 2. The van der Waals surface area contributed by atoms with Gasteiger partial charge < -0.3 is 9.84 Å². The van der Waals surface area contributed by atoms with Crippen LogP contribution in [-0.4, -0.2) is 28.8 Å². The first-order chi connectivity index (χ1) is 15.5. The lowest BCUT2D eigenvalue weighted by molar-refractivity contribution is -0.137. The lowest BCUT2D eigenvalue weighted by atomic mass is 9.97. The van der Waals surface area contributed by atoms with Crippen LogP contribution < -0.4 is 15.8 Å². The number of rotatable bonds is 13. The van der Waals surface area contributed by atoms with E-state index in [4.69, 9.17) is 9.84 Å². The lowest BCUT2D eigenvalue weighted by Gasteiger charge is -2.16. The van der Waals surface area contributed by atoms with Crippen molar-refractivity contribution in [3.8, 4) is 0 Å². The Morgan fingerprint density at radius 3 is 2.28 bits per heavy atom. The maximum atomic E-state index is 11.9. The summed E-state index contributed by atoms with van der Waals surface area (Å²) in [6.45, 7) is 0.700. The molecule has 1 fully saturated rings. The first-order valence-corrected chi connectivity index (χ1v) is 12.3. The van der Waals surface area contributed by atoms with Crippen molar-refractivity contribution in [2.75, 3.05) is 6.61 Å². The molecule has 1 aliphatic carbocycles. The molecule has 0 atom stereocenters. The Morgan fingerprint density at radius 1 is 0.969 bits per heavy atom. The first-order valence-electron chi connectivity index (χ1n) is 11.5. The van der Waals surface area contributed by atoms with Gasteiger partial charge in [0.2, 0.25) is 0 Å². The quantitative estimate of drug-likeness (QED) is 0.340. The molecule has 0 bridgehead atoms. The average Bonchev–Trinajstić information content (AvgIpc) is 3.09. The Morgan fingerprint density at radius 2 is 1.62 bits per heavy atom. The summed E-state index contributed by atoms with van der Waals surface area (Å²) in [5, 5.41) is 12.8. The van der Waals surface area contributed by atoms with Crippen LogP contribution in [0.1, 0.15) is 70.6 Å². The lowest BCUT2D eigenvalue weighted by Crippen LogP contribution is -2.32. The fourth-order valence-electron chi connectivity index (χ4n) is 4.04. The molecule has 1 aromatic rings. The maximum Gasteiger partial charge on any atom is 0.303 e. The van der Waals surface area contributed by atoms with Crippen LogP contribution in [0.3, 0.4) is 0 Å². The number of imide groups is 1. The number of ether oxygens (including phenoxy) is 1. The van der Waals surface area contributed by atoms with E-state index in [2.05, 4.69) is 11.4 Å². The third-order valence-corrected chi connectivity index (χ3v) is 6.51. The number of thioether (sulfide) groups is 1. The normalized spacial score (nSPS) is 16.9. The fraction of sp³-hybridized carbons (Fsp3) is 0.480. The van der Waals surface area contributed by atoms with E-state index in [-0.39, 0.29) is 17.6 Å². The molecule has 0 spiro atoms. The Labute approximate surface area is 192 Å². The number of carbonyl (C=O) groups is 3. The van der Waals surface area contributed by atoms with Gasteiger partial charge in [0.15, 0.2) is 0 Å². The van der Waals surface area contributed by atoms with E-state index in [0.717, 1.165) is 78.5 Å². The molecule has 2 amide bonds. The molecule has 7 heteroatoms. The van der Waals surface area contributed by atoms with Crippen LogP contribution in [0.25, 0.3) is 11.3 Å². The Kier molecular flexibility index (Phi) is 9.41. The van der Waals surface area contributed by atoms with Crippen LogP contribution >= 0.6 is 11.8 Å². The molecule has 6 nitrogen and oxygen atoms in total. The van der Waals surface area contributed by atoms with E-state index in [9.17, 15) is 14.4 Å². The molecular weight excluding hydrogens is 426 g/mol. The molecule has 0 unspecified atom stereocenters. The van der Waals surface area contributed by atoms with Crippen molar-refractivity contribution in [1.82, 2.24) is 5.32 Å². The van der Waals surface area contributed by atoms with Gasteiger partial charge in [0.25, 0.3) is 11.1 Å². The van der Waals surface area contributed by atoms with Crippen molar-refractivity contribution < 1.29 is 24.2 Å². The number of hydrogen-bond acceptors (Lipinski definition) is 5. The molecule has 2 aliphatic rings. The van der Waals surface area contributed by atoms with Crippen molar-refractivity contribution in [2.45, 2.75) is 70.6 Å². The second kappa shape index (κ2) is 12.5. The van der Waals surface area contributed by atoms with Crippen molar-refractivity contribution >= 4 is 40.2 Å². The molecule has 1 heterocycles. The monoisotopic (exact) mass is 457 g/mol.